The molecule has 4 heterocycles. The van der Waals surface area contributed by atoms with Crippen LogP contribution in [0.4, 0.5) is 17.2 Å². The molecule has 3 aromatic heterocycles. The van der Waals surface area contributed by atoms with E-state index in [1.807, 2.05) is 72.1 Å². The number of nitrogens with zero attached hydrogens (tertiary/aromatic N) is 6. The molecule has 10 nitrogen and oxygen atoms in total. The molecule has 1 unspecified atom stereocenters. The molecule has 0 aliphatic carbocycles. The van der Waals surface area contributed by atoms with Crippen molar-refractivity contribution in [3.63, 3.8) is 0 Å². The van der Waals surface area contributed by atoms with Crippen LogP contribution in [-0.2, 0) is 4.79 Å². The van der Waals surface area contributed by atoms with Gasteiger partial charge in [0.1, 0.15) is 30.0 Å². The largest absolute Gasteiger partial charge is 0.457 e. The predicted molar refractivity (Wildman–Crippen MR) is 150 cm³/mol. The van der Waals surface area contributed by atoms with Gasteiger partial charge >= 0.3 is 0 Å². The molecule has 2 N–H and O–H groups in total. The molecule has 0 radical (unpaired) electrons. The van der Waals surface area contributed by atoms with Crippen LogP contribution in [0.2, 0.25) is 0 Å². The van der Waals surface area contributed by atoms with Crippen LogP contribution in [0.3, 0.4) is 0 Å². The molecule has 1 aliphatic heterocycles. The normalized spacial score (nSPS) is 15.8. The molecule has 5 aromatic rings. The molecule has 1 amide bonds. The van der Waals surface area contributed by atoms with Crippen molar-refractivity contribution >= 4 is 39.6 Å². The van der Waals surface area contributed by atoms with Gasteiger partial charge in [0.15, 0.2) is 5.65 Å². The van der Waals surface area contributed by atoms with E-state index in [0.717, 1.165) is 47.3 Å². The number of fused-ring (bicyclic) bond motifs is 2. The molecule has 1 saturated heterocycles. The standard InChI is InChI=1S/C29H28N8O2/c1-19-14-20(6-9-26(19)39-23-11-13-37-18-32-35-27(37)16-23)34-29-24-15-21(5-8-25(24)30-17-31-29)33-28(38)10-7-22-4-3-12-36(22)2/h5-11,13-18,22H,3-4,12H2,1-2H3,(H,33,38)(H,30,31,34). The minimum atomic E-state index is -0.157. The van der Waals surface area contributed by atoms with Gasteiger partial charge in [0.2, 0.25) is 5.91 Å². The maximum Gasteiger partial charge on any atom is 0.248 e. The van der Waals surface area contributed by atoms with E-state index in [1.165, 1.54) is 6.33 Å². The summed E-state index contributed by atoms with van der Waals surface area (Å²) in [5.74, 6) is 1.90. The minimum Gasteiger partial charge on any atom is -0.457 e. The molecular weight excluding hydrogens is 492 g/mol. The lowest BCUT2D eigenvalue weighted by molar-refractivity contribution is -0.111. The van der Waals surface area contributed by atoms with E-state index in [-0.39, 0.29) is 5.91 Å². The van der Waals surface area contributed by atoms with Crippen molar-refractivity contribution in [2.75, 3.05) is 24.2 Å². The minimum absolute atomic E-state index is 0.157. The average molecular weight is 521 g/mol. The van der Waals surface area contributed by atoms with Crippen molar-refractivity contribution in [2.24, 2.45) is 0 Å². The summed E-state index contributed by atoms with van der Waals surface area (Å²) in [6.45, 7) is 3.05. The molecule has 1 atom stereocenters. The fourth-order valence-corrected chi connectivity index (χ4v) is 4.76. The summed E-state index contributed by atoms with van der Waals surface area (Å²) in [5, 5.41) is 15.1. The third-order valence-corrected chi connectivity index (χ3v) is 6.89. The van der Waals surface area contributed by atoms with Crippen molar-refractivity contribution in [1.29, 1.82) is 0 Å². The number of ether oxygens (including phenoxy) is 1. The van der Waals surface area contributed by atoms with Gasteiger partial charge in [-0.15, -0.1) is 10.2 Å². The Morgan fingerprint density at radius 2 is 2.00 bits per heavy atom. The molecule has 10 heteroatoms. The Bertz CT molecular complexity index is 1700. The summed E-state index contributed by atoms with van der Waals surface area (Å²) in [6, 6.07) is 15.5. The second-order valence-corrected chi connectivity index (χ2v) is 9.66. The highest BCUT2D eigenvalue weighted by Crippen LogP contribution is 2.31. The van der Waals surface area contributed by atoms with Crippen LogP contribution < -0.4 is 15.4 Å². The number of carbonyl (C=O) groups excluding carboxylic acids is 1. The number of nitrogens with one attached hydrogen (secondary N) is 2. The molecule has 196 valence electrons. The monoisotopic (exact) mass is 520 g/mol. The van der Waals surface area contributed by atoms with Crippen LogP contribution in [0.15, 0.2) is 79.5 Å². The summed E-state index contributed by atoms with van der Waals surface area (Å²) in [5.41, 5.74) is 3.97. The van der Waals surface area contributed by atoms with E-state index >= 15 is 0 Å². The Hall–Kier alpha value is -4.83. The highest BCUT2D eigenvalue weighted by Gasteiger charge is 2.18. The summed E-state index contributed by atoms with van der Waals surface area (Å²) in [6.07, 6.45) is 10.9. The number of pyridine rings is 1. The number of aromatic nitrogens is 5. The Morgan fingerprint density at radius 3 is 2.85 bits per heavy atom. The lowest BCUT2D eigenvalue weighted by Gasteiger charge is -2.14. The summed E-state index contributed by atoms with van der Waals surface area (Å²) < 4.78 is 7.91. The molecule has 39 heavy (non-hydrogen) atoms. The number of hydrogen-bond donors (Lipinski definition) is 2. The van der Waals surface area contributed by atoms with Gasteiger partial charge in [-0.3, -0.25) is 14.1 Å². The van der Waals surface area contributed by atoms with Gasteiger partial charge in [-0.25, -0.2) is 9.97 Å². The molecule has 2 aromatic carbocycles. The van der Waals surface area contributed by atoms with Gasteiger partial charge in [0.05, 0.1) is 5.52 Å². The fraction of sp³-hybridized carbons (Fsp3) is 0.207. The zero-order valence-corrected chi connectivity index (χ0v) is 21.7. The van der Waals surface area contributed by atoms with Gasteiger partial charge in [0.25, 0.3) is 0 Å². The summed E-state index contributed by atoms with van der Waals surface area (Å²) in [4.78, 5) is 23.7. The molecule has 0 saturated carbocycles. The van der Waals surface area contributed by atoms with Crippen molar-refractivity contribution in [3.05, 3.63) is 85.1 Å². The van der Waals surface area contributed by atoms with Crippen LogP contribution in [0.5, 0.6) is 11.5 Å². The molecule has 6 rings (SSSR count). The molecule has 1 fully saturated rings. The van der Waals surface area contributed by atoms with Gasteiger partial charge in [0, 0.05) is 41.1 Å². The number of rotatable bonds is 7. The van der Waals surface area contributed by atoms with E-state index in [1.54, 1.807) is 12.4 Å². The Kier molecular flexibility index (Phi) is 6.60. The number of anilines is 3. The average Bonchev–Trinajstić information content (AvgIpc) is 3.57. The number of benzene rings is 2. The summed E-state index contributed by atoms with van der Waals surface area (Å²) in [7, 11) is 2.08. The highest BCUT2D eigenvalue weighted by atomic mass is 16.5. The van der Waals surface area contributed by atoms with Crippen molar-refractivity contribution in [3.8, 4) is 11.5 Å². The van der Waals surface area contributed by atoms with Crippen molar-refractivity contribution in [1.82, 2.24) is 29.5 Å². The van der Waals surface area contributed by atoms with Crippen molar-refractivity contribution < 1.29 is 9.53 Å². The van der Waals surface area contributed by atoms with Gasteiger partial charge < -0.3 is 15.4 Å². The van der Waals surface area contributed by atoms with E-state index in [9.17, 15) is 4.79 Å². The quantitative estimate of drug-likeness (QED) is 0.285. The predicted octanol–water partition coefficient (Wildman–Crippen LogP) is 5.11. The number of carbonyl (C=O) groups is 1. The van der Waals surface area contributed by atoms with Gasteiger partial charge in [-0.2, -0.15) is 0 Å². The fourth-order valence-electron chi connectivity index (χ4n) is 4.76. The molecule has 1 aliphatic rings. The SMILES string of the molecule is Cc1cc(Nc2ncnc3ccc(NC(=O)C=CC4CCCN4C)cc23)ccc1Oc1ccn2cnnc2c1. The van der Waals surface area contributed by atoms with Crippen LogP contribution >= 0.6 is 0 Å². The lowest BCUT2D eigenvalue weighted by atomic mass is 10.1. The third kappa shape index (κ3) is 5.41. The Labute approximate surface area is 225 Å². The van der Waals surface area contributed by atoms with Gasteiger partial charge in [-0.05, 0) is 81.4 Å². The smallest absolute Gasteiger partial charge is 0.248 e. The van der Waals surface area contributed by atoms with Gasteiger partial charge in [-0.1, -0.05) is 6.08 Å². The van der Waals surface area contributed by atoms with Crippen LogP contribution in [0.25, 0.3) is 16.6 Å². The number of likely N-dealkylation sites (N-methyl/N-ethyl adjacent to an activating group) is 1. The Morgan fingerprint density at radius 1 is 1.10 bits per heavy atom. The first-order valence-corrected chi connectivity index (χ1v) is 12.8. The molecule has 0 bridgehead atoms. The molecule has 0 spiro atoms. The first-order valence-electron chi connectivity index (χ1n) is 12.8. The van der Waals surface area contributed by atoms with E-state index < -0.39 is 0 Å². The maximum atomic E-state index is 12.6. The first kappa shape index (κ1) is 24.5. The highest BCUT2D eigenvalue weighted by molar-refractivity contribution is 6.02. The van der Waals surface area contributed by atoms with Crippen LogP contribution in [0, 0.1) is 6.92 Å². The number of aryl methyl sites for hydroxylation is 1. The van der Waals surface area contributed by atoms with Crippen LogP contribution in [-0.4, -0.2) is 55.0 Å². The topological polar surface area (TPSA) is 110 Å². The van der Waals surface area contributed by atoms with Crippen LogP contribution in [0.1, 0.15) is 18.4 Å². The summed E-state index contributed by atoms with van der Waals surface area (Å²) >= 11 is 0. The number of amides is 1. The van der Waals surface area contributed by atoms with Crippen molar-refractivity contribution in [2.45, 2.75) is 25.8 Å². The second-order valence-electron chi connectivity index (χ2n) is 9.66. The lowest BCUT2D eigenvalue weighted by Crippen LogP contribution is -2.23. The third-order valence-electron chi connectivity index (χ3n) is 6.89. The molecular formula is C29H28N8O2. The number of likely N-dealkylation sites (tertiary alicyclic amines) is 1. The first-order chi connectivity index (χ1) is 19.0. The zero-order valence-electron chi connectivity index (χ0n) is 21.7. The Balaban J connectivity index is 1.18. The second kappa shape index (κ2) is 10.5. The number of hydrogen-bond acceptors (Lipinski definition) is 8. The zero-order chi connectivity index (χ0) is 26.8. The van der Waals surface area contributed by atoms with E-state index in [4.69, 9.17) is 4.74 Å². The maximum absolute atomic E-state index is 12.6. The van der Waals surface area contributed by atoms with E-state index in [0.29, 0.717) is 28.9 Å². The van der Waals surface area contributed by atoms with E-state index in [2.05, 4.69) is 42.7 Å².